The molecule has 6 nitrogen and oxygen atoms in total. The van der Waals surface area contributed by atoms with Gasteiger partial charge in [-0.15, -0.1) is 0 Å². The predicted octanol–water partition coefficient (Wildman–Crippen LogP) is 3.15. The van der Waals surface area contributed by atoms with Gasteiger partial charge in [-0.25, -0.2) is 9.40 Å². The average Bonchev–Trinajstić information content (AvgIpc) is 3.25. The van der Waals surface area contributed by atoms with Crippen LogP contribution in [0.2, 0.25) is 0 Å². The molecule has 1 fully saturated rings. The summed E-state index contributed by atoms with van der Waals surface area (Å²) in [5.41, 5.74) is 2.32. The number of benzene rings is 2. The smallest absolute Gasteiger partial charge is 0.257 e. The molecule has 2 heterocycles. The Bertz CT molecular complexity index is 956. The quantitative estimate of drug-likeness (QED) is 0.715. The molecule has 4 rings (SSSR count). The van der Waals surface area contributed by atoms with E-state index < -0.39 is 0 Å². The Morgan fingerprint density at radius 2 is 1.84 bits per heavy atom. The van der Waals surface area contributed by atoms with E-state index in [1.54, 1.807) is 18.2 Å². The van der Waals surface area contributed by atoms with E-state index in [-0.39, 0.29) is 17.8 Å². The molecule has 0 radical (unpaired) electrons. The maximum atomic E-state index is 13.8. The lowest BCUT2D eigenvalue weighted by molar-refractivity contribution is -0.134. The zero-order valence-electron chi connectivity index (χ0n) is 18.1. The van der Waals surface area contributed by atoms with Gasteiger partial charge in [0.1, 0.15) is 11.6 Å². The van der Waals surface area contributed by atoms with Crippen molar-refractivity contribution in [1.82, 2.24) is 14.8 Å². The number of rotatable bonds is 6. The van der Waals surface area contributed by atoms with Gasteiger partial charge in [0.2, 0.25) is 0 Å². The summed E-state index contributed by atoms with van der Waals surface area (Å²) < 4.78 is 19.4. The second-order valence-electron chi connectivity index (χ2n) is 7.97. The topological polar surface area (TPSA) is 48.4 Å². The molecule has 1 saturated heterocycles. The van der Waals surface area contributed by atoms with Crippen molar-refractivity contribution < 1.29 is 13.9 Å². The van der Waals surface area contributed by atoms with E-state index in [4.69, 9.17) is 4.74 Å². The third kappa shape index (κ3) is 4.78. The predicted molar refractivity (Wildman–Crippen MR) is 119 cm³/mol. The van der Waals surface area contributed by atoms with Gasteiger partial charge in [-0.2, -0.15) is 5.10 Å². The Labute approximate surface area is 182 Å². The van der Waals surface area contributed by atoms with Crippen LogP contribution in [0.25, 0.3) is 0 Å². The van der Waals surface area contributed by atoms with Crippen LogP contribution < -0.4 is 4.74 Å². The maximum absolute atomic E-state index is 13.8. The van der Waals surface area contributed by atoms with Crippen molar-refractivity contribution in [3.63, 3.8) is 0 Å². The molecule has 31 heavy (non-hydrogen) atoms. The minimum absolute atomic E-state index is 0.0488. The molecule has 1 atom stereocenters. The lowest BCUT2D eigenvalue weighted by Gasteiger charge is -2.34. The molecule has 164 valence electrons. The zero-order valence-corrected chi connectivity index (χ0v) is 18.1. The van der Waals surface area contributed by atoms with Crippen molar-refractivity contribution in [3.05, 3.63) is 65.5 Å². The highest BCUT2D eigenvalue weighted by atomic mass is 19.1. The van der Waals surface area contributed by atoms with Gasteiger partial charge in [0, 0.05) is 43.7 Å². The lowest BCUT2D eigenvalue weighted by Crippen LogP contribution is -2.49. The van der Waals surface area contributed by atoms with Gasteiger partial charge in [0.05, 0.1) is 25.4 Å². The second-order valence-corrected chi connectivity index (χ2v) is 7.97. The number of carbonyl (C=O) groups excluding carboxylic acids is 1. The van der Waals surface area contributed by atoms with Crippen molar-refractivity contribution in [2.24, 2.45) is 5.10 Å². The number of amides is 1. The first-order valence-electron chi connectivity index (χ1n) is 10.8. The van der Waals surface area contributed by atoms with E-state index in [2.05, 4.69) is 21.8 Å². The fourth-order valence-electron chi connectivity index (χ4n) is 4.29. The van der Waals surface area contributed by atoms with Crippen molar-refractivity contribution >= 4 is 11.6 Å². The number of methoxy groups -OCH3 is 1. The van der Waals surface area contributed by atoms with Crippen LogP contribution in [0.4, 0.5) is 4.39 Å². The van der Waals surface area contributed by atoms with Crippen molar-refractivity contribution in [3.8, 4) is 5.75 Å². The Balaban J connectivity index is 1.59. The Morgan fingerprint density at radius 3 is 2.55 bits per heavy atom. The summed E-state index contributed by atoms with van der Waals surface area (Å²) in [5, 5.41) is 6.24. The van der Waals surface area contributed by atoms with Crippen LogP contribution in [-0.4, -0.2) is 72.8 Å². The van der Waals surface area contributed by atoms with Crippen LogP contribution in [0, 0.1) is 5.82 Å². The molecular weight excluding hydrogens is 395 g/mol. The molecule has 2 aromatic carbocycles. The van der Waals surface area contributed by atoms with Gasteiger partial charge in [0.15, 0.2) is 0 Å². The Kier molecular flexibility index (Phi) is 6.63. The van der Waals surface area contributed by atoms with E-state index in [0.717, 1.165) is 44.0 Å². The Morgan fingerprint density at radius 1 is 1.10 bits per heavy atom. The number of nitrogens with zero attached hydrogens (tertiary/aromatic N) is 4. The highest BCUT2D eigenvalue weighted by Crippen LogP contribution is 2.37. The van der Waals surface area contributed by atoms with Crippen LogP contribution in [0.1, 0.15) is 30.5 Å². The molecule has 0 bridgehead atoms. The molecule has 7 heteroatoms. The number of ether oxygens (including phenoxy) is 1. The van der Waals surface area contributed by atoms with E-state index in [1.165, 1.54) is 12.1 Å². The SMILES string of the molecule is CCN1CCN(CC(=O)N2N=C(c3cccc(F)c3)C[C@@H]2c2ccccc2OC)CC1. The molecule has 0 spiro atoms. The van der Waals surface area contributed by atoms with Gasteiger partial charge >= 0.3 is 0 Å². The third-order valence-corrected chi connectivity index (χ3v) is 6.09. The largest absolute Gasteiger partial charge is 0.496 e. The van der Waals surface area contributed by atoms with Crippen LogP contribution in [0.15, 0.2) is 53.6 Å². The monoisotopic (exact) mass is 424 g/mol. The van der Waals surface area contributed by atoms with Gasteiger partial charge in [-0.05, 0) is 24.7 Å². The van der Waals surface area contributed by atoms with E-state index >= 15 is 0 Å². The molecule has 0 N–H and O–H groups in total. The standard InChI is InChI=1S/C24H29FN4O2/c1-3-27-11-13-28(14-12-27)17-24(30)29-22(20-9-4-5-10-23(20)31-2)16-21(26-29)18-7-6-8-19(25)15-18/h4-10,15,22H,3,11-14,16-17H2,1-2H3/t22-/m1/s1. The molecule has 0 aliphatic carbocycles. The highest BCUT2D eigenvalue weighted by molar-refractivity contribution is 6.03. The van der Waals surface area contributed by atoms with Crippen LogP contribution in [0.3, 0.4) is 0 Å². The van der Waals surface area contributed by atoms with Gasteiger partial charge in [-0.1, -0.05) is 37.3 Å². The number of likely N-dealkylation sites (N-methyl/N-ethyl adjacent to an activating group) is 1. The lowest BCUT2D eigenvalue weighted by atomic mass is 9.97. The molecule has 2 aliphatic heterocycles. The van der Waals surface area contributed by atoms with Crippen LogP contribution in [-0.2, 0) is 4.79 Å². The fourth-order valence-corrected chi connectivity index (χ4v) is 4.29. The maximum Gasteiger partial charge on any atom is 0.257 e. The van der Waals surface area contributed by atoms with Crippen LogP contribution in [0.5, 0.6) is 5.75 Å². The minimum Gasteiger partial charge on any atom is -0.496 e. The number of hydrogen-bond donors (Lipinski definition) is 0. The molecule has 0 aromatic heterocycles. The zero-order chi connectivity index (χ0) is 21.8. The summed E-state index contributed by atoms with van der Waals surface area (Å²) in [5.74, 6) is 0.359. The van der Waals surface area contributed by atoms with Crippen molar-refractivity contribution in [2.45, 2.75) is 19.4 Å². The first-order valence-corrected chi connectivity index (χ1v) is 10.8. The third-order valence-electron chi connectivity index (χ3n) is 6.09. The summed E-state index contributed by atoms with van der Waals surface area (Å²) in [6, 6.07) is 13.8. The summed E-state index contributed by atoms with van der Waals surface area (Å²) in [7, 11) is 1.63. The molecule has 2 aromatic rings. The van der Waals surface area contributed by atoms with E-state index in [1.807, 2.05) is 30.3 Å². The average molecular weight is 425 g/mol. The number of para-hydroxylation sites is 1. The second kappa shape index (κ2) is 9.58. The normalized spacial score (nSPS) is 20.0. The van der Waals surface area contributed by atoms with Crippen molar-refractivity contribution in [2.75, 3.05) is 46.4 Å². The molecular formula is C24H29FN4O2. The minimum atomic E-state index is -0.312. The number of halogens is 1. The summed E-state index contributed by atoms with van der Waals surface area (Å²) >= 11 is 0. The fraction of sp³-hybridized carbons (Fsp3) is 0.417. The number of carbonyl (C=O) groups is 1. The molecule has 2 aliphatic rings. The summed E-state index contributed by atoms with van der Waals surface area (Å²) in [6.07, 6.45) is 0.513. The Hall–Kier alpha value is -2.77. The van der Waals surface area contributed by atoms with Crippen molar-refractivity contribution in [1.29, 1.82) is 0 Å². The first kappa shape index (κ1) is 21.5. The van der Waals surface area contributed by atoms with Crippen LogP contribution >= 0.6 is 0 Å². The van der Waals surface area contributed by atoms with E-state index in [0.29, 0.717) is 24.2 Å². The summed E-state index contributed by atoms with van der Waals surface area (Å²) in [6.45, 7) is 7.19. The van der Waals surface area contributed by atoms with Gasteiger partial charge < -0.3 is 9.64 Å². The number of hydrogen-bond acceptors (Lipinski definition) is 5. The number of hydrazone groups is 1. The van der Waals surface area contributed by atoms with Gasteiger partial charge in [0.25, 0.3) is 5.91 Å². The first-order chi connectivity index (χ1) is 15.1. The number of piperazine rings is 1. The van der Waals surface area contributed by atoms with Gasteiger partial charge in [-0.3, -0.25) is 9.69 Å². The molecule has 0 unspecified atom stereocenters. The molecule has 1 amide bonds. The summed E-state index contributed by atoms with van der Waals surface area (Å²) in [4.78, 5) is 17.9. The van der Waals surface area contributed by atoms with E-state index in [9.17, 15) is 9.18 Å². The molecule has 0 saturated carbocycles. The highest BCUT2D eigenvalue weighted by Gasteiger charge is 2.35.